The standard InChI is InChI=1S/C9H19N3O2/c1-11-9(10)12-4-2-5-14-8-3-6-13-7-8/h8H,2-7H2,1H3,(H3,10,11,12). The van der Waals surface area contributed by atoms with Crippen LogP contribution in [0.2, 0.25) is 0 Å². The van der Waals surface area contributed by atoms with Crippen LogP contribution in [-0.4, -0.2) is 45.5 Å². The summed E-state index contributed by atoms with van der Waals surface area (Å²) in [5.74, 6) is 0.481. The molecule has 82 valence electrons. The van der Waals surface area contributed by atoms with Gasteiger partial charge in [-0.1, -0.05) is 0 Å². The van der Waals surface area contributed by atoms with Crippen LogP contribution >= 0.6 is 0 Å². The highest BCUT2D eigenvalue weighted by atomic mass is 16.5. The zero-order chi connectivity index (χ0) is 10.2. The van der Waals surface area contributed by atoms with E-state index in [1.54, 1.807) is 7.05 Å². The van der Waals surface area contributed by atoms with Gasteiger partial charge in [0.05, 0.1) is 12.7 Å². The SMILES string of the molecule is CN=C(N)NCCCOC1CCOC1. The number of nitrogens with one attached hydrogen (secondary N) is 1. The van der Waals surface area contributed by atoms with E-state index in [1.165, 1.54) is 0 Å². The van der Waals surface area contributed by atoms with Crippen molar-refractivity contribution in [3.63, 3.8) is 0 Å². The minimum atomic E-state index is 0.298. The summed E-state index contributed by atoms with van der Waals surface area (Å²) in [6.45, 7) is 3.12. The van der Waals surface area contributed by atoms with E-state index in [-0.39, 0.29) is 0 Å². The maximum absolute atomic E-state index is 5.57. The molecule has 1 heterocycles. The molecule has 1 atom stereocenters. The average molecular weight is 201 g/mol. The lowest BCUT2D eigenvalue weighted by atomic mass is 10.3. The Morgan fingerprint density at radius 2 is 2.57 bits per heavy atom. The van der Waals surface area contributed by atoms with Crippen LogP contribution in [0.15, 0.2) is 4.99 Å². The van der Waals surface area contributed by atoms with Crippen molar-refractivity contribution in [2.75, 3.05) is 33.4 Å². The van der Waals surface area contributed by atoms with Gasteiger partial charge in [0.25, 0.3) is 0 Å². The molecule has 14 heavy (non-hydrogen) atoms. The van der Waals surface area contributed by atoms with Crippen molar-refractivity contribution in [3.8, 4) is 0 Å². The van der Waals surface area contributed by atoms with Gasteiger partial charge >= 0.3 is 0 Å². The number of ether oxygens (including phenoxy) is 2. The summed E-state index contributed by atoms with van der Waals surface area (Å²) in [4.78, 5) is 3.79. The van der Waals surface area contributed by atoms with E-state index in [9.17, 15) is 0 Å². The van der Waals surface area contributed by atoms with Gasteiger partial charge in [0.2, 0.25) is 0 Å². The van der Waals surface area contributed by atoms with E-state index in [1.807, 2.05) is 0 Å². The van der Waals surface area contributed by atoms with E-state index in [4.69, 9.17) is 15.2 Å². The molecule has 1 saturated heterocycles. The number of nitrogens with two attached hydrogens (primary N) is 1. The smallest absolute Gasteiger partial charge is 0.188 e. The summed E-state index contributed by atoms with van der Waals surface area (Å²) in [7, 11) is 1.66. The van der Waals surface area contributed by atoms with E-state index < -0.39 is 0 Å². The Bertz CT molecular complexity index is 179. The molecule has 0 aromatic carbocycles. The quantitative estimate of drug-likeness (QED) is 0.364. The molecule has 0 spiro atoms. The molecule has 5 heteroatoms. The van der Waals surface area contributed by atoms with Gasteiger partial charge in [-0.15, -0.1) is 0 Å². The lowest BCUT2D eigenvalue weighted by Crippen LogP contribution is -2.32. The highest BCUT2D eigenvalue weighted by molar-refractivity contribution is 5.77. The van der Waals surface area contributed by atoms with Gasteiger partial charge in [-0.3, -0.25) is 4.99 Å². The Kier molecular flexibility index (Phi) is 5.32. The molecule has 1 rings (SSSR count). The molecule has 5 nitrogen and oxygen atoms in total. The minimum Gasteiger partial charge on any atom is -0.379 e. The van der Waals surface area contributed by atoms with Crippen molar-refractivity contribution in [3.05, 3.63) is 0 Å². The summed E-state index contributed by atoms with van der Waals surface area (Å²) in [6.07, 6.45) is 2.26. The molecule has 0 aliphatic carbocycles. The van der Waals surface area contributed by atoms with E-state index in [0.717, 1.165) is 39.2 Å². The summed E-state index contributed by atoms with van der Waals surface area (Å²) < 4.78 is 10.8. The molecule has 0 radical (unpaired) electrons. The second-order valence-electron chi connectivity index (χ2n) is 3.25. The number of hydrogen-bond donors (Lipinski definition) is 2. The van der Waals surface area contributed by atoms with Crippen molar-refractivity contribution in [2.45, 2.75) is 18.9 Å². The fourth-order valence-corrected chi connectivity index (χ4v) is 1.26. The van der Waals surface area contributed by atoms with Crippen LogP contribution in [0.5, 0.6) is 0 Å². The highest BCUT2D eigenvalue weighted by Gasteiger charge is 2.14. The topological polar surface area (TPSA) is 68.9 Å². The zero-order valence-corrected chi connectivity index (χ0v) is 8.66. The fraction of sp³-hybridized carbons (Fsp3) is 0.889. The predicted molar refractivity (Wildman–Crippen MR) is 55.3 cm³/mol. The predicted octanol–water partition coefficient (Wildman–Crippen LogP) is -0.284. The molecule has 0 saturated carbocycles. The average Bonchev–Trinajstić information content (AvgIpc) is 2.69. The molecule has 3 N–H and O–H groups in total. The van der Waals surface area contributed by atoms with Crippen LogP contribution in [0.25, 0.3) is 0 Å². The van der Waals surface area contributed by atoms with Gasteiger partial charge in [-0.25, -0.2) is 0 Å². The van der Waals surface area contributed by atoms with Crippen LogP contribution in [0.4, 0.5) is 0 Å². The van der Waals surface area contributed by atoms with E-state index in [2.05, 4.69) is 10.3 Å². The first-order valence-electron chi connectivity index (χ1n) is 4.98. The summed E-state index contributed by atoms with van der Waals surface area (Å²) >= 11 is 0. The van der Waals surface area contributed by atoms with Crippen LogP contribution in [0, 0.1) is 0 Å². The lowest BCUT2D eigenvalue weighted by molar-refractivity contribution is 0.0420. The molecule has 1 fully saturated rings. The molecule has 1 aliphatic heterocycles. The maximum Gasteiger partial charge on any atom is 0.188 e. The molecular formula is C9H19N3O2. The summed E-state index contributed by atoms with van der Waals surface area (Å²) in [5, 5.41) is 2.97. The highest BCUT2D eigenvalue weighted by Crippen LogP contribution is 2.07. The first-order chi connectivity index (χ1) is 6.83. The van der Waals surface area contributed by atoms with Gasteiger partial charge < -0.3 is 20.5 Å². The van der Waals surface area contributed by atoms with Crippen LogP contribution < -0.4 is 11.1 Å². The normalized spacial score (nSPS) is 22.6. The second kappa shape index (κ2) is 6.62. The van der Waals surface area contributed by atoms with Crippen molar-refractivity contribution < 1.29 is 9.47 Å². The Balaban J connectivity index is 1.89. The Labute approximate surface area is 84.7 Å². The third kappa shape index (κ3) is 4.43. The van der Waals surface area contributed by atoms with Gasteiger partial charge in [0, 0.05) is 26.8 Å². The van der Waals surface area contributed by atoms with Gasteiger partial charge in [0.15, 0.2) is 5.96 Å². The fourth-order valence-electron chi connectivity index (χ4n) is 1.26. The molecule has 1 aliphatic rings. The maximum atomic E-state index is 5.57. The van der Waals surface area contributed by atoms with Crippen molar-refractivity contribution in [2.24, 2.45) is 10.7 Å². The lowest BCUT2D eigenvalue weighted by Gasteiger charge is -2.09. The molecular weight excluding hydrogens is 182 g/mol. The molecule has 0 aromatic rings. The van der Waals surface area contributed by atoms with Gasteiger partial charge in [0.1, 0.15) is 0 Å². The number of rotatable bonds is 5. The van der Waals surface area contributed by atoms with Crippen LogP contribution in [0.3, 0.4) is 0 Å². The second-order valence-corrected chi connectivity index (χ2v) is 3.25. The van der Waals surface area contributed by atoms with E-state index in [0.29, 0.717) is 12.1 Å². The number of aliphatic imine (C=N–C) groups is 1. The van der Waals surface area contributed by atoms with Gasteiger partial charge in [-0.2, -0.15) is 0 Å². The molecule has 0 bridgehead atoms. The zero-order valence-electron chi connectivity index (χ0n) is 8.66. The van der Waals surface area contributed by atoms with Gasteiger partial charge in [-0.05, 0) is 12.8 Å². The first-order valence-corrected chi connectivity index (χ1v) is 4.98. The summed E-state index contributed by atoms with van der Waals surface area (Å²) in [5.41, 5.74) is 5.46. The Hall–Kier alpha value is -0.810. The number of nitrogens with zero attached hydrogens (tertiary/aromatic N) is 1. The Morgan fingerprint density at radius 3 is 3.21 bits per heavy atom. The van der Waals surface area contributed by atoms with E-state index >= 15 is 0 Å². The number of hydrogen-bond acceptors (Lipinski definition) is 3. The van der Waals surface area contributed by atoms with Crippen LogP contribution in [0.1, 0.15) is 12.8 Å². The third-order valence-electron chi connectivity index (χ3n) is 2.11. The van der Waals surface area contributed by atoms with Crippen molar-refractivity contribution >= 4 is 5.96 Å². The Morgan fingerprint density at radius 1 is 1.71 bits per heavy atom. The monoisotopic (exact) mass is 201 g/mol. The molecule has 0 aromatic heterocycles. The third-order valence-corrected chi connectivity index (χ3v) is 2.11. The summed E-state index contributed by atoms with van der Waals surface area (Å²) in [6, 6.07) is 0. The minimum absolute atomic E-state index is 0.298. The molecule has 0 amide bonds. The first kappa shape index (κ1) is 11.3. The molecule has 1 unspecified atom stereocenters. The van der Waals surface area contributed by atoms with Crippen molar-refractivity contribution in [1.82, 2.24) is 5.32 Å². The number of guanidine groups is 1. The largest absolute Gasteiger partial charge is 0.379 e. The van der Waals surface area contributed by atoms with Crippen LogP contribution in [-0.2, 0) is 9.47 Å². The van der Waals surface area contributed by atoms with Crippen molar-refractivity contribution in [1.29, 1.82) is 0 Å².